The molecule has 0 aliphatic carbocycles. The fourth-order valence-electron chi connectivity index (χ4n) is 5.06. The van der Waals surface area contributed by atoms with Gasteiger partial charge < -0.3 is 19.4 Å². The smallest absolute Gasteiger partial charge is 0.230 e. The zero-order valence-electron chi connectivity index (χ0n) is 15.3. The van der Waals surface area contributed by atoms with E-state index in [1.807, 2.05) is 4.90 Å². The molecule has 0 unspecified atom stereocenters. The van der Waals surface area contributed by atoms with Crippen molar-refractivity contribution < 1.29 is 14.3 Å². The average molecular weight is 349 g/mol. The van der Waals surface area contributed by atoms with Crippen LogP contribution in [-0.2, 0) is 14.3 Å². The number of hydrogen-bond acceptors (Lipinski definition) is 4. The van der Waals surface area contributed by atoms with Crippen molar-refractivity contribution in [3.05, 3.63) is 0 Å². The SMILES string of the molecule is O=C([C@H]1CCOC1)N1CCC[C@@]2(CCN(CCN3CCCC3)C2=O)C1. The third-order valence-corrected chi connectivity index (χ3v) is 6.65. The Balaban J connectivity index is 1.35. The monoisotopic (exact) mass is 349 g/mol. The highest BCUT2D eigenvalue weighted by molar-refractivity contribution is 5.87. The second kappa shape index (κ2) is 7.23. The molecule has 0 N–H and O–H groups in total. The van der Waals surface area contributed by atoms with Gasteiger partial charge in [-0.3, -0.25) is 9.59 Å². The molecule has 4 heterocycles. The van der Waals surface area contributed by atoms with Crippen LogP contribution in [-0.4, -0.2) is 85.5 Å². The van der Waals surface area contributed by atoms with Gasteiger partial charge in [0.2, 0.25) is 11.8 Å². The van der Waals surface area contributed by atoms with Gasteiger partial charge in [0.05, 0.1) is 17.9 Å². The molecular formula is C19H31N3O3. The van der Waals surface area contributed by atoms with Gasteiger partial charge in [0.15, 0.2) is 0 Å². The summed E-state index contributed by atoms with van der Waals surface area (Å²) in [6.45, 7) is 7.75. The van der Waals surface area contributed by atoms with E-state index in [9.17, 15) is 9.59 Å². The van der Waals surface area contributed by atoms with E-state index in [4.69, 9.17) is 4.74 Å². The fourth-order valence-corrected chi connectivity index (χ4v) is 5.06. The molecule has 4 saturated heterocycles. The predicted molar refractivity (Wildman–Crippen MR) is 94.0 cm³/mol. The number of carbonyl (C=O) groups excluding carboxylic acids is 2. The quantitative estimate of drug-likeness (QED) is 0.759. The number of likely N-dealkylation sites (tertiary alicyclic amines) is 3. The third kappa shape index (κ3) is 3.43. The highest BCUT2D eigenvalue weighted by Gasteiger charge is 2.50. The van der Waals surface area contributed by atoms with Crippen molar-refractivity contribution in [1.82, 2.24) is 14.7 Å². The molecule has 0 aromatic heterocycles. The predicted octanol–water partition coefficient (Wildman–Crippen LogP) is 0.960. The first-order valence-corrected chi connectivity index (χ1v) is 10.1. The van der Waals surface area contributed by atoms with Crippen LogP contribution in [0.2, 0.25) is 0 Å². The van der Waals surface area contributed by atoms with Gasteiger partial charge in [0.1, 0.15) is 0 Å². The minimum Gasteiger partial charge on any atom is -0.381 e. The summed E-state index contributed by atoms with van der Waals surface area (Å²) < 4.78 is 5.38. The van der Waals surface area contributed by atoms with Crippen LogP contribution in [0.15, 0.2) is 0 Å². The van der Waals surface area contributed by atoms with Crippen LogP contribution in [0.5, 0.6) is 0 Å². The highest BCUT2D eigenvalue weighted by Crippen LogP contribution is 2.40. The van der Waals surface area contributed by atoms with Crippen molar-refractivity contribution in [2.24, 2.45) is 11.3 Å². The lowest BCUT2D eigenvalue weighted by Crippen LogP contribution is -2.51. The lowest BCUT2D eigenvalue weighted by molar-refractivity contribution is -0.145. The molecule has 4 fully saturated rings. The van der Waals surface area contributed by atoms with E-state index >= 15 is 0 Å². The maximum absolute atomic E-state index is 13.1. The van der Waals surface area contributed by atoms with E-state index in [2.05, 4.69) is 9.80 Å². The second-order valence-electron chi connectivity index (χ2n) is 8.30. The first kappa shape index (κ1) is 17.3. The number of hydrogen-bond donors (Lipinski definition) is 0. The summed E-state index contributed by atoms with van der Waals surface area (Å²) in [5.41, 5.74) is -0.307. The Morgan fingerprint density at radius 1 is 1.08 bits per heavy atom. The Labute approximate surface area is 150 Å². The fraction of sp³-hybridized carbons (Fsp3) is 0.895. The zero-order chi connectivity index (χ0) is 17.3. The van der Waals surface area contributed by atoms with Crippen LogP contribution < -0.4 is 0 Å². The normalized spacial score (nSPS) is 33.8. The van der Waals surface area contributed by atoms with E-state index in [1.54, 1.807) is 0 Å². The molecule has 2 atom stereocenters. The van der Waals surface area contributed by atoms with Gasteiger partial charge in [-0.05, 0) is 51.6 Å². The first-order valence-electron chi connectivity index (χ1n) is 10.1. The molecule has 4 aliphatic heterocycles. The molecule has 0 aromatic rings. The molecule has 1 spiro atoms. The Bertz CT molecular complexity index is 514. The second-order valence-corrected chi connectivity index (χ2v) is 8.30. The molecule has 140 valence electrons. The summed E-state index contributed by atoms with van der Waals surface area (Å²) in [5, 5.41) is 0. The molecular weight excluding hydrogens is 318 g/mol. The first-order chi connectivity index (χ1) is 12.2. The van der Waals surface area contributed by atoms with Gasteiger partial charge in [0.25, 0.3) is 0 Å². The Morgan fingerprint density at radius 3 is 2.68 bits per heavy atom. The van der Waals surface area contributed by atoms with Crippen molar-refractivity contribution >= 4 is 11.8 Å². The molecule has 0 saturated carbocycles. The van der Waals surface area contributed by atoms with Crippen molar-refractivity contribution in [3.8, 4) is 0 Å². The number of ether oxygens (including phenoxy) is 1. The molecule has 4 aliphatic rings. The van der Waals surface area contributed by atoms with Crippen molar-refractivity contribution in [2.45, 2.75) is 38.5 Å². The maximum atomic E-state index is 13.1. The summed E-state index contributed by atoms with van der Waals surface area (Å²) in [7, 11) is 0. The van der Waals surface area contributed by atoms with E-state index < -0.39 is 0 Å². The number of amides is 2. The molecule has 0 radical (unpaired) electrons. The average Bonchev–Trinajstić information content (AvgIpc) is 3.38. The van der Waals surface area contributed by atoms with Gasteiger partial charge in [-0.2, -0.15) is 0 Å². The van der Waals surface area contributed by atoms with Crippen LogP contribution in [0.4, 0.5) is 0 Å². The lowest BCUT2D eigenvalue weighted by atomic mass is 9.78. The van der Waals surface area contributed by atoms with Gasteiger partial charge >= 0.3 is 0 Å². The van der Waals surface area contributed by atoms with Crippen molar-refractivity contribution in [1.29, 1.82) is 0 Å². The van der Waals surface area contributed by atoms with Crippen LogP contribution >= 0.6 is 0 Å². The largest absolute Gasteiger partial charge is 0.381 e. The number of nitrogens with zero attached hydrogens (tertiary/aromatic N) is 3. The van der Waals surface area contributed by atoms with Crippen LogP contribution in [0.25, 0.3) is 0 Å². The molecule has 2 amide bonds. The summed E-state index contributed by atoms with van der Waals surface area (Å²) in [6.07, 6.45) is 6.22. The van der Waals surface area contributed by atoms with Gasteiger partial charge in [0, 0.05) is 39.3 Å². The van der Waals surface area contributed by atoms with E-state index in [-0.39, 0.29) is 17.2 Å². The molecule has 4 rings (SSSR count). The molecule has 0 bridgehead atoms. The topological polar surface area (TPSA) is 53.1 Å². The minimum absolute atomic E-state index is 0.0120. The number of carbonyl (C=O) groups is 2. The van der Waals surface area contributed by atoms with Crippen molar-refractivity contribution in [3.63, 3.8) is 0 Å². The zero-order valence-corrected chi connectivity index (χ0v) is 15.3. The standard InChI is InChI=1S/C19H31N3O3/c23-17(16-4-13-25-14-16)22-9-3-5-19(15-22)6-10-21(18(19)24)12-11-20-7-1-2-8-20/h16H,1-15H2/t16-,19+/m0/s1. The summed E-state index contributed by atoms with van der Waals surface area (Å²) in [6, 6.07) is 0. The Hall–Kier alpha value is -1.14. The Morgan fingerprint density at radius 2 is 1.92 bits per heavy atom. The Kier molecular flexibility index (Phi) is 5.00. The minimum atomic E-state index is -0.307. The lowest BCUT2D eigenvalue weighted by Gasteiger charge is -2.40. The van der Waals surface area contributed by atoms with Crippen LogP contribution in [0, 0.1) is 11.3 Å². The van der Waals surface area contributed by atoms with E-state index in [0.29, 0.717) is 25.7 Å². The molecule has 6 nitrogen and oxygen atoms in total. The summed E-state index contributed by atoms with van der Waals surface area (Å²) >= 11 is 0. The molecule has 6 heteroatoms. The van der Waals surface area contributed by atoms with E-state index in [0.717, 1.165) is 51.9 Å². The number of piperidine rings is 1. The van der Waals surface area contributed by atoms with Gasteiger partial charge in [-0.25, -0.2) is 0 Å². The van der Waals surface area contributed by atoms with Crippen LogP contribution in [0.3, 0.4) is 0 Å². The van der Waals surface area contributed by atoms with Crippen molar-refractivity contribution in [2.75, 3.05) is 59.0 Å². The summed E-state index contributed by atoms with van der Waals surface area (Å²) in [4.78, 5) is 32.4. The van der Waals surface area contributed by atoms with E-state index in [1.165, 1.54) is 25.9 Å². The van der Waals surface area contributed by atoms with Gasteiger partial charge in [-0.15, -0.1) is 0 Å². The molecule has 25 heavy (non-hydrogen) atoms. The summed E-state index contributed by atoms with van der Waals surface area (Å²) in [5.74, 6) is 0.518. The van der Waals surface area contributed by atoms with Crippen LogP contribution in [0.1, 0.15) is 38.5 Å². The third-order valence-electron chi connectivity index (χ3n) is 6.65. The molecule has 0 aromatic carbocycles. The number of rotatable bonds is 4. The van der Waals surface area contributed by atoms with Gasteiger partial charge in [-0.1, -0.05) is 0 Å². The maximum Gasteiger partial charge on any atom is 0.230 e. The highest BCUT2D eigenvalue weighted by atomic mass is 16.5.